The maximum absolute atomic E-state index is 10.8. The van der Waals surface area contributed by atoms with E-state index in [4.69, 9.17) is 5.73 Å². The first-order chi connectivity index (χ1) is 6.61. The monoisotopic (exact) mass is 199 g/mol. The fraction of sp³-hybridized carbons (Fsp3) is 0.900. The molecule has 1 amide bonds. The van der Waals surface area contributed by atoms with Crippen molar-refractivity contribution >= 4 is 5.91 Å². The summed E-state index contributed by atoms with van der Waals surface area (Å²) in [7, 11) is 2.14. The number of rotatable bonds is 4. The molecule has 4 heteroatoms. The molecule has 1 rings (SSSR count). The number of nitrogens with zero attached hydrogens (tertiary/aromatic N) is 1. The summed E-state index contributed by atoms with van der Waals surface area (Å²) in [6.07, 6.45) is 3.80. The van der Waals surface area contributed by atoms with Crippen LogP contribution < -0.4 is 11.1 Å². The molecule has 2 atom stereocenters. The first-order valence-corrected chi connectivity index (χ1v) is 5.34. The lowest BCUT2D eigenvalue weighted by Gasteiger charge is -2.33. The molecule has 3 N–H and O–H groups in total. The van der Waals surface area contributed by atoms with Crippen LogP contribution in [0.2, 0.25) is 0 Å². The third-order valence-corrected chi connectivity index (χ3v) is 3.01. The summed E-state index contributed by atoms with van der Waals surface area (Å²) in [5.74, 6) is -0.275. The van der Waals surface area contributed by atoms with Crippen LogP contribution in [0.3, 0.4) is 0 Å². The van der Waals surface area contributed by atoms with Crippen molar-refractivity contribution in [1.82, 2.24) is 10.2 Å². The average Bonchev–Trinajstić information content (AvgIpc) is 2.16. The molecule has 0 aromatic carbocycles. The average molecular weight is 199 g/mol. The number of piperidine rings is 1. The molecule has 0 spiro atoms. The summed E-state index contributed by atoms with van der Waals surface area (Å²) in [4.78, 5) is 13.2. The van der Waals surface area contributed by atoms with Crippen LogP contribution in [0.15, 0.2) is 0 Å². The molecular weight excluding hydrogens is 178 g/mol. The van der Waals surface area contributed by atoms with E-state index in [1.54, 1.807) is 0 Å². The lowest BCUT2D eigenvalue weighted by atomic mass is 10.0. The highest BCUT2D eigenvalue weighted by molar-refractivity contribution is 5.79. The normalized spacial score (nSPS) is 26.0. The van der Waals surface area contributed by atoms with Gasteiger partial charge in [-0.2, -0.15) is 0 Å². The molecule has 1 saturated heterocycles. The number of likely N-dealkylation sites (N-methyl/N-ethyl adjacent to an activating group) is 1. The number of hydrogen-bond acceptors (Lipinski definition) is 3. The Morgan fingerprint density at radius 3 is 2.93 bits per heavy atom. The van der Waals surface area contributed by atoms with Crippen molar-refractivity contribution in [3.8, 4) is 0 Å². The molecule has 0 bridgehead atoms. The molecule has 1 aliphatic rings. The standard InChI is InChI=1S/C10H21N3O/c1-8(10(11)14)12-7-9-5-3-4-6-13(9)2/h8-9,12H,3-7H2,1-2H3,(H2,11,14). The zero-order valence-corrected chi connectivity index (χ0v) is 9.12. The topological polar surface area (TPSA) is 58.4 Å². The molecule has 0 radical (unpaired) electrons. The maximum Gasteiger partial charge on any atom is 0.234 e. The van der Waals surface area contributed by atoms with E-state index < -0.39 is 0 Å². The maximum atomic E-state index is 10.8. The van der Waals surface area contributed by atoms with Crippen molar-refractivity contribution in [1.29, 1.82) is 0 Å². The Bertz CT molecular complexity index is 196. The van der Waals surface area contributed by atoms with Crippen LogP contribution >= 0.6 is 0 Å². The van der Waals surface area contributed by atoms with Crippen molar-refractivity contribution in [3.63, 3.8) is 0 Å². The van der Waals surface area contributed by atoms with Crippen LogP contribution in [-0.4, -0.2) is 43.0 Å². The van der Waals surface area contributed by atoms with Crippen LogP contribution in [0.5, 0.6) is 0 Å². The van der Waals surface area contributed by atoms with Crippen LogP contribution in [0.4, 0.5) is 0 Å². The number of nitrogens with one attached hydrogen (secondary N) is 1. The highest BCUT2D eigenvalue weighted by atomic mass is 16.1. The fourth-order valence-electron chi connectivity index (χ4n) is 1.82. The Hall–Kier alpha value is -0.610. The SMILES string of the molecule is CC(NCC1CCCCN1C)C(N)=O. The highest BCUT2D eigenvalue weighted by Gasteiger charge is 2.19. The molecule has 14 heavy (non-hydrogen) atoms. The molecule has 0 aliphatic carbocycles. The minimum Gasteiger partial charge on any atom is -0.368 e. The molecule has 0 aromatic rings. The Morgan fingerprint density at radius 2 is 2.36 bits per heavy atom. The van der Waals surface area contributed by atoms with Gasteiger partial charge in [-0.15, -0.1) is 0 Å². The first-order valence-electron chi connectivity index (χ1n) is 5.34. The van der Waals surface area contributed by atoms with Gasteiger partial charge in [-0.1, -0.05) is 6.42 Å². The van der Waals surface area contributed by atoms with Gasteiger partial charge in [0.25, 0.3) is 0 Å². The Kier molecular flexibility index (Phi) is 4.35. The summed E-state index contributed by atoms with van der Waals surface area (Å²) in [5.41, 5.74) is 5.17. The van der Waals surface area contributed by atoms with E-state index in [0.717, 1.165) is 13.1 Å². The van der Waals surface area contributed by atoms with Gasteiger partial charge < -0.3 is 16.0 Å². The van der Waals surface area contributed by atoms with E-state index in [1.807, 2.05) is 6.92 Å². The lowest BCUT2D eigenvalue weighted by Crippen LogP contribution is -2.48. The van der Waals surface area contributed by atoms with Gasteiger partial charge in [0, 0.05) is 12.6 Å². The second-order valence-corrected chi connectivity index (χ2v) is 4.16. The van der Waals surface area contributed by atoms with Crippen LogP contribution in [0, 0.1) is 0 Å². The van der Waals surface area contributed by atoms with Crippen LogP contribution in [0.25, 0.3) is 0 Å². The number of nitrogens with two attached hydrogens (primary N) is 1. The van der Waals surface area contributed by atoms with E-state index in [1.165, 1.54) is 19.3 Å². The summed E-state index contributed by atoms with van der Waals surface area (Å²) in [6, 6.07) is 0.343. The van der Waals surface area contributed by atoms with E-state index >= 15 is 0 Å². The van der Waals surface area contributed by atoms with Crippen molar-refractivity contribution in [2.24, 2.45) is 5.73 Å². The van der Waals surface area contributed by atoms with E-state index in [-0.39, 0.29) is 11.9 Å². The van der Waals surface area contributed by atoms with Crippen molar-refractivity contribution in [2.75, 3.05) is 20.1 Å². The largest absolute Gasteiger partial charge is 0.368 e. The quantitative estimate of drug-likeness (QED) is 0.666. The second kappa shape index (κ2) is 5.32. The van der Waals surface area contributed by atoms with Crippen molar-refractivity contribution < 1.29 is 4.79 Å². The summed E-state index contributed by atoms with van der Waals surface area (Å²) in [5, 5.41) is 3.17. The number of carbonyl (C=O) groups excluding carboxylic acids is 1. The summed E-state index contributed by atoms with van der Waals surface area (Å²) in [6.45, 7) is 3.84. The first kappa shape index (κ1) is 11.5. The number of amides is 1. The molecule has 1 aliphatic heterocycles. The van der Waals surface area contributed by atoms with Gasteiger partial charge in [0.2, 0.25) is 5.91 Å². The molecule has 1 heterocycles. The molecule has 82 valence electrons. The Labute approximate surface area is 85.8 Å². The van der Waals surface area contributed by atoms with Crippen LogP contribution in [-0.2, 0) is 4.79 Å². The molecule has 0 saturated carbocycles. The molecule has 0 aromatic heterocycles. The third kappa shape index (κ3) is 3.27. The minimum atomic E-state index is -0.275. The van der Waals surface area contributed by atoms with Gasteiger partial charge in [-0.25, -0.2) is 0 Å². The predicted molar refractivity (Wildman–Crippen MR) is 56.9 cm³/mol. The highest BCUT2D eigenvalue weighted by Crippen LogP contribution is 2.13. The van der Waals surface area contributed by atoms with Gasteiger partial charge >= 0.3 is 0 Å². The molecule has 2 unspecified atom stereocenters. The number of carbonyl (C=O) groups is 1. The number of likely N-dealkylation sites (tertiary alicyclic amines) is 1. The van der Waals surface area contributed by atoms with Gasteiger partial charge in [0.05, 0.1) is 6.04 Å². The van der Waals surface area contributed by atoms with Gasteiger partial charge in [0.15, 0.2) is 0 Å². The minimum absolute atomic E-state index is 0.217. The van der Waals surface area contributed by atoms with Gasteiger partial charge in [0.1, 0.15) is 0 Å². The second-order valence-electron chi connectivity index (χ2n) is 4.16. The zero-order valence-electron chi connectivity index (χ0n) is 9.12. The summed E-state index contributed by atoms with van der Waals surface area (Å²) < 4.78 is 0. The Morgan fingerprint density at radius 1 is 1.64 bits per heavy atom. The van der Waals surface area contributed by atoms with Crippen molar-refractivity contribution in [2.45, 2.75) is 38.3 Å². The van der Waals surface area contributed by atoms with Crippen LogP contribution in [0.1, 0.15) is 26.2 Å². The number of hydrogen-bond donors (Lipinski definition) is 2. The van der Waals surface area contributed by atoms with Gasteiger partial charge in [-0.3, -0.25) is 4.79 Å². The fourth-order valence-corrected chi connectivity index (χ4v) is 1.82. The smallest absolute Gasteiger partial charge is 0.234 e. The molecule has 1 fully saturated rings. The van der Waals surface area contributed by atoms with E-state index in [0.29, 0.717) is 6.04 Å². The molecule has 4 nitrogen and oxygen atoms in total. The summed E-state index contributed by atoms with van der Waals surface area (Å²) >= 11 is 0. The lowest BCUT2D eigenvalue weighted by molar-refractivity contribution is -0.119. The third-order valence-electron chi connectivity index (χ3n) is 3.01. The van der Waals surface area contributed by atoms with Gasteiger partial charge in [-0.05, 0) is 33.4 Å². The molecular formula is C10H21N3O. The van der Waals surface area contributed by atoms with E-state index in [2.05, 4.69) is 17.3 Å². The Balaban J connectivity index is 2.25. The van der Waals surface area contributed by atoms with E-state index in [9.17, 15) is 4.79 Å². The number of primary amides is 1. The zero-order chi connectivity index (χ0) is 10.6. The van der Waals surface area contributed by atoms with Crippen molar-refractivity contribution in [3.05, 3.63) is 0 Å². The predicted octanol–water partition coefficient (Wildman–Crippen LogP) is -0.0659.